The number of nitrogens with zero attached hydrogens (tertiary/aromatic N) is 1. The van der Waals surface area contributed by atoms with E-state index in [2.05, 4.69) is 45.7 Å². The minimum Gasteiger partial charge on any atom is -0.417 e. The predicted molar refractivity (Wildman–Crippen MR) is 146 cm³/mol. The van der Waals surface area contributed by atoms with Gasteiger partial charge in [0.15, 0.2) is 8.32 Å². The van der Waals surface area contributed by atoms with Gasteiger partial charge in [-0.1, -0.05) is 78.6 Å². The van der Waals surface area contributed by atoms with Gasteiger partial charge in [0.05, 0.1) is 12.1 Å². The quantitative estimate of drug-likeness (QED) is 0.117. The highest BCUT2D eigenvalue weighted by Crippen LogP contribution is 2.36. The van der Waals surface area contributed by atoms with Crippen LogP contribution in [0, 0.1) is 0 Å². The maximum Gasteiger partial charge on any atom is 0.220 e. The maximum absolute atomic E-state index is 12.3. The Hall–Kier alpha value is -0.433. The Morgan fingerprint density at radius 1 is 0.912 bits per heavy atom. The highest BCUT2D eigenvalue weighted by molar-refractivity contribution is 6.74. The van der Waals surface area contributed by atoms with Crippen molar-refractivity contribution in [2.24, 2.45) is 0 Å². The second-order valence-electron chi connectivity index (χ2n) is 11.9. The average molecular weight is 500 g/mol. The van der Waals surface area contributed by atoms with E-state index in [4.69, 9.17) is 13.9 Å². The van der Waals surface area contributed by atoms with Crippen LogP contribution in [0.25, 0.3) is 0 Å². The van der Waals surface area contributed by atoms with Gasteiger partial charge < -0.3 is 18.8 Å². The molecule has 1 aliphatic heterocycles. The fourth-order valence-corrected chi connectivity index (χ4v) is 5.98. The van der Waals surface area contributed by atoms with Crippen LogP contribution in [0.3, 0.4) is 0 Å². The Kier molecular flexibility index (Phi) is 15.2. The topological polar surface area (TPSA) is 48.0 Å². The van der Waals surface area contributed by atoms with Gasteiger partial charge >= 0.3 is 0 Å². The fraction of sp³-hybridized carbons (Fsp3) is 0.964. The lowest BCUT2D eigenvalue weighted by molar-refractivity contribution is -0.152. The molecule has 1 rings (SSSR count). The van der Waals surface area contributed by atoms with Crippen molar-refractivity contribution in [2.75, 3.05) is 20.5 Å². The van der Waals surface area contributed by atoms with E-state index in [0.717, 1.165) is 25.9 Å². The third-order valence-electron chi connectivity index (χ3n) is 8.12. The maximum atomic E-state index is 12.3. The largest absolute Gasteiger partial charge is 0.417 e. The third kappa shape index (κ3) is 11.5. The molecule has 1 saturated heterocycles. The summed E-state index contributed by atoms with van der Waals surface area (Å²) in [4.78, 5) is 14.3. The molecule has 0 bridgehead atoms. The van der Waals surface area contributed by atoms with E-state index in [1.54, 1.807) is 14.0 Å². The minimum atomic E-state index is -1.56. The summed E-state index contributed by atoms with van der Waals surface area (Å²) in [6.07, 6.45) is 16.4. The fourth-order valence-electron chi connectivity index (χ4n) is 4.89. The molecule has 0 aromatic rings. The van der Waals surface area contributed by atoms with Crippen LogP contribution in [0.4, 0.5) is 0 Å². The minimum absolute atomic E-state index is 0.0878. The summed E-state index contributed by atoms with van der Waals surface area (Å²) >= 11 is 0. The van der Waals surface area contributed by atoms with E-state index in [-0.39, 0.29) is 18.1 Å². The van der Waals surface area contributed by atoms with Gasteiger partial charge in [0.2, 0.25) is 5.91 Å². The Labute approximate surface area is 212 Å². The summed E-state index contributed by atoms with van der Waals surface area (Å²) in [5.74, 6) is 0.176. The van der Waals surface area contributed by atoms with E-state index >= 15 is 0 Å². The number of likely N-dealkylation sites (tertiary alicyclic amines) is 1. The lowest BCUT2D eigenvalue weighted by Gasteiger charge is -2.44. The molecule has 6 heteroatoms. The van der Waals surface area contributed by atoms with Crippen LogP contribution in [-0.4, -0.2) is 57.8 Å². The standard InChI is InChI=1S/C28H57NO4Si/c1-24-27(32-23-31-6)21-20-26(29(24)25(2)30)19-17-15-13-11-9-10-12-14-16-18-22-33-34(7,8)28(3,4)5/h24,26-27H,9-23H2,1-8H3/t24-,26+,27-/m0/s1. The average Bonchev–Trinajstić information content (AvgIpc) is 2.75. The van der Waals surface area contributed by atoms with Crippen molar-refractivity contribution in [3.8, 4) is 0 Å². The monoisotopic (exact) mass is 499 g/mol. The van der Waals surface area contributed by atoms with Crippen LogP contribution in [0.1, 0.15) is 118 Å². The van der Waals surface area contributed by atoms with E-state index in [9.17, 15) is 4.79 Å². The normalized spacial score (nSPS) is 21.8. The molecule has 0 N–H and O–H groups in total. The zero-order chi connectivity index (χ0) is 25.6. The van der Waals surface area contributed by atoms with Gasteiger partial charge in [0.25, 0.3) is 0 Å². The van der Waals surface area contributed by atoms with Crippen LogP contribution in [-0.2, 0) is 18.7 Å². The number of amides is 1. The van der Waals surface area contributed by atoms with Crippen molar-refractivity contribution in [3.63, 3.8) is 0 Å². The predicted octanol–water partition coefficient (Wildman–Crippen LogP) is 7.69. The summed E-state index contributed by atoms with van der Waals surface area (Å²) in [5.41, 5.74) is 0. The molecular formula is C28H57NO4Si. The number of carbonyl (C=O) groups excluding carboxylic acids is 1. The van der Waals surface area contributed by atoms with Crippen LogP contribution in [0.2, 0.25) is 18.1 Å². The zero-order valence-electron chi connectivity index (χ0n) is 23.9. The lowest BCUT2D eigenvalue weighted by Crippen LogP contribution is -2.54. The van der Waals surface area contributed by atoms with Crippen molar-refractivity contribution >= 4 is 14.2 Å². The molecule has 1 fully saturated rings. The third-order valence-corrected chi connectivity index (χ3v) is 12.7. The van der Waals surface area contributed by atoms with E-state index < -0.39 is 8.32 Å². The molecule has 0 radical (unpaired) electrons. The first-order chi connectivity index (χ1) is 16.0. The molecule has 0 saturated carbocycles. The molecule has 5 nitrogen and oxygen atoms in total. The smallest absolute Gasteiger partial charge is 0.220 e. The molecule has 1 aliphatic rings. The number of methoxy groups -OCH3 is 1. The van der Waals surface area contributed by atoms with Crippen LogP contribution in [0.15, 0.2) is 0 Å². The number of carbonyl (C=O) groups is 1. The number of unbranched alkanes of at least 4 members (excludes halogenated alkanes) is 9. The summed E-state index contributed by atoms with van der Waals surface area (Å²) in [7, 11) is 0.0809. The van der Waals surface area contributed by atoms with Crippen LogP contribution in [0.5, 0.6) is 0 Å². The highest BCUT2D eigenvalue weighted by atomic mass is 28.4. The Bertz CT molecular complexity index is 549. The molecule has 1 amide bonds. The highest BCUT2D eigenvalue weighted by Gasteiger charge is 2.37. The molecule has 0 unspecified atom stereocenters. The van der Waals surface area contributed by atoms with Gasteiger partial charge in [0.1, 0.15) is 6.79 Å². The number of rotatable bonds is 17. The summed E-state index contributed by atoms with van der Waals surface area (Å²) in [5, 5.41) is 0.316. The van der Waals surface area contributed by atoms with E-state index in [1.165, 1.54) is 64.2 Å². The molecule has 1 heterocycles. The molecular weight excluding hydrogens is 442 g/mol. The van der Waals surface area contributed by atoms with Crippen molar-refractivity contribution < 1.29 is 18.7 Å². The molecule has 0 spiro atoms. The molecule has 3 atom stereocenters. The van der Waals surface area contributed by atoms with Crippen molar-refractivity contribution in [2.45, 2.75) is 154 Å². The number of hydrogen-bond acceptors (Lipinski definition) is 4. The van der Waals surface area contributed by atoms with Gasteiger partial charge in [-0.05, 0) is 50.7 Å². The van der Waals surface area contributed by atoms with Gasteiger partial charge in [-0.3, -0.25) is 4.79 Å². The number of piperidine rings is 1. The Morgan fingerprint density at radius 3 is 1.94 bits per heavy atom. The SMILES string of the molecule is COCO[C@H]1CC[C@@H](CCCCCCCCCCCCO[Si](C)(C)C(C)(C)C)N(C(C)=O)[C@H]1C. The second-order valence-corrected chi connectivity index (χ2v) is 16.8. The number of hydrogen-bond donors (Lipinski definition) is 0. The summed E-state index contributed by atoms with van der Waals surface area (Å²) in [6, 6.07) is 0.500. The van der Waals surface area contributed by atoms with Gasteiger partial charge in [-0.2, -0.15) is 0 Å². The van der Waals surface area contributed by atoms with Crippen molar-refractivity contribution in [1.82, 2.24) is 4.90 Å². The van der Waals surface area contributed by atoms with Gasteiger partial charge in [0, 0.05) is 26.7 Å². The Morgan fingerprint density at radius 2 is 1.44 bits per heavy atom. The molecule has 202 valence electrons. The first kappa shape index (κ1) is 31.6. The molecule has 0 aliphatic carbocycles. The van der Waals surface area contributed by atoms with Gasteiger partial charge in [-0.25, -0.2) is 0 Å². The lowest BCUT2D eigenvalue weighted by atomic mass is 9.90. The van der Waals surface area contributed by atoms with Crippen molar-refractivity contribution in [3.05, 3.63) is 0 Å². The first-order valence-electron chi connectivity index (χ1n) is 14.0. The van der Waals surface area contributed by atoms with Crippen LogP contribution < -0.4 is 0 Å². The summed E-state index contributed by atoms with van der Waals surface area (Å²) in [6.45, 7) is 16.7. The zero-order valence-corrected chi connectivity index (χ0v) is 24.9. The van der Waals surface area contributed by atoms with Gasteiger partial charge in [-0.15, -0.1) is 0 Å². The summed E-state index contributed by atoms with van der Waals surface area (Å²) < 4.78 is 17.1. The first-order valence-corrected chi connectivity index (χ1v) is 17.0. The molecule has 0 aromatic heterocycles. The number of ether oxygens (including phenoxy) is 2. The van der Waals surface area contributed by atoms with Crippen LogP contribution >= 0.6 is 0 Å². The van der Waals surface area contributed by atoms with E-state index in [1.807, 2.05) is 0 Å². The second kappa shape index (κ2) is 16.3. The Balaban J connectivity index is 2.05. The van der Waals surface area contributed by atoms with E-state index in [0.29, 0.717) is 17.9 Å². The molecule has 0 aromatic carbocycles. The van der Waals surface area contributed by atoms with Crippen molar-refractivity contribution in [1.29, 1.82) is 0 Å². The molecule has 34 heavy (non-hydrogen) atoms.